The average molecular weight is 619 g/mol. The van der Waals surface area contributed by atoms with Crippen LogP contribution in [0.5, 0.6) is 5.75 Å². The second-order valence-electron chi connectivity index (χ2n) is 11.6. The third kappa shape index (κ3) is 3.85. The van der Waals surface area contributed by atoms with Crippen molar-refractivity contribution in [3.63, 3.8) is 0 Å². The molecule has 2 heterocycles. The fraction of sp³-hybridized carbons (Fsp3) is 0.273. The summed E-state index contributed by atoms with van der Waals surface area (Å²) in [6.45, 7) is 0.121. The van der Waals surface area contributed by atoms with Gasteiger partial charge in [-0.2, -0.15) is 0 Å². The Kier molecular flexibility index (Phi) is 6.31. The molecular weight excluding hydrogens is 594 g/mol. The molecule has 4 amide bonds. The van der Waals surface area contributed by atoms with E-state index < -0.39 is 51.1 Å². The Bertz CT molecular complexity index is 1710. The van der Waals surface area contributed by atoms with E-state index in [1.165, 1.54) is 29.2 Å². The number of anilines is 1. The normalized spacial score (nSPS) is 31.6. The molecule has 1 saturated carbocycles. The number of alkyl halides is 2. The second kappa shape index (κ2) is 9.76. The van der Waals surface area contributed by atoms with Crippen molar-refractivity contribution < 1.29 is 28.7 Å². The Morgan fingerprint density at radius 2 is 1.51 bits per heavy atom. The lowest BCUT2D eigenvalue weighted by atomic mass is 9.56. The summed E-state index contributed by atoms with van der Waals surface area (Å²) in [6.07, 6.45) is 1.96. The summed E-state index contributed by atoms with van der Waals surface area (Å²) >= 11 is 14.6. The number of hydrogen-bond donors (Lipinski definition) is 1. The fourth-order valence-electron chi connectivity index (χ4n) is 7.43. The maximum atomic E-state index is 14.3. The van der Waals surface area contributed by atoms with Crippen molar-refractivity contribution >= 4 is 52.5 Å². The van der Waals surface area contributed by atoms with Crippen LogP contribution in [0.25, 0.3) is 0 Å². The highest BCUT2D eigenvalue weighted by Gasteiger charge is 2.76. The highest BCUT2D eigenvalue weighted by molar-refractivity contribution is 6.58. The van der Waals surface area contributed by atoms with Crippen molar-refractivity contribution in [2.75, 3.05) is 4.90 Å². The largest absolute Gasteiger partial charge is 0.508 e. The number of amides is 4. The molecule has 218 valence electrons. The van der Waals surface area contributed by atoms with Gasteiger partial charge in [-0.05, 0) is 66.3 Å². The number of halogens is 3. The summed E-state index contributed by atoms with van der Waals surface area (Å²) in [5.74, 6) is -5.80. The number of hydrogen-bond acceptors (Lipinski definition) is 5. The van der Waals surface area contributed by atoms with Gasteiger partial charge in [-0.15, -0.1) is 23.2 Å². The molecule has 0 aromatic heterocycles. The number of nitrogens with zero attached hydrogens (tertiary/aromatic N) is 2. The van der Waals surface area contributed by atoms with Crippen LogP contribution in [0.1, 0.15) is 29.9 Å². The molecule has 6 atom stereocenters. The van der Waals surface area contributed by atoms with Gasteiger partial charge in [-0.1, -0.05) is 54.1 Å². The summed E-state index contributed by atoms with van der Waals surface area (Å²) in [6, 6.07) is 20.2. The molecule has 7 rings (SSSR count). The summed E-state index contributed by atoms with van der Waals surface area (Å²) in [5.41, 5.74) is 2.10. The van der Waals surface area contributed by atoms with E-state index in [9.17, 15) is 28.7 Å². The van der Waals surface area contributed by atoms with Crippen LogP contribution in [0.4, 0.5) is 10.1 Å². The number of rotatable bonds is 4. The van der Waals surface area contributed by atoms with Crippen molar-refractivity contribution in [2.24, 2.45) is 17.8 Å². The molecule has 1 N–H and O–H groups in total. The number of fused-ring (bicyclic) bond motifs is 4. The quantitative estimate of drug-likeness (QED) is 0.243. The van der Waals surface area contributed by atoms with Crippen LogP contribution in [0.3, 0.4) is 0 Å². The third-order valence-electron chi connectivity index (χ3n) is 9.40. The van der Waals surface area contributed by atoms with E-state index in [0.717, 1.165) is 22.6 Å². The number of imide groups is 2. The zero-order valence-corrected chi connectivity index (χ0v) is 24.1. The number of allylic oxidation sites excluding steroid dienone is 2. The van der Waals surface area contributed by atoms with Crippen LogP contribution in [0.2, 0.25) is 0 Å². The predicted octanol–water partition coefficient (Wildman–Crippen LogP) is 5.29. The summed E-state index contributed by atoms with van der Waals surface area (Å²) in [4.78, 5) is 54.2. The molecule has 3 aromatic carbocycles. The monoisotopic (exact) mass is 618 g/mol. The van der Waals surface area contributed by atoms with Crippen LogP contribution in [0.15, 0.2) is 90.5 Å². The number of aromatic hydroxyl groups is 1. The molecule has 2 aliphatic heterocycles. The molecule has 0 spiro atoms. The predicted molar refractivity (Wildman–Crippen MR) is 157 cm³/mol. The zero-order valence-electron chi connectivity index (χ0n) is 22.6. The topological polar surface area (TPSA) is 95.0 Å². The number of carbonyl (C=O) groups is 4. The Morgan fingerprint density at radius 1 is 0.837 bits per heavy atom. The molecule has 0 unspecified atom stereocenters. The van der Waals surface area contributed by atoms with Gasteiger partial charge in [0.2, 0.25) is 11.8 Å². The van der Waals surface area contributed by atoms with Crippen molar-refractivity contribution in [1.82, 2.24) is 4.90 Å². The Balaban J connectivity index is 1.36. The van der Waals surface area contributed by atoms with Crippen LogP contribution >= 0.6 is 23.2 Å². The summed E-state index contributed by atoms with van der Waals surface area (Å²) in [5, 5.41) is 10.0. The molecular formula is C33H25Cl2FN2O5. The molecule has 43 heavy (non-hydrogen) atoms. The van der Waals surface area contributed by atoms with Crippen LogP contribution in [-0.4, -0.2) is 43.4 Å². The van der Waals surface area contributed by atoms with Crippen LogP contribution in [-0.2, 0) is 25.7 Å². The van der Waals surface area contributed by atoms with Crippen LogP contribution in [0, 0.1) is 23.6 Å². The van der Waals surface area contributed by atoms with Crippen molar-refractivity contribution in [2.45, 2.75) is 35.1 Å². The van der Waals surface area contributed by atoms with E-state index in [-0.39, 0.29) is 42.6 Å². The van der Waals surface area contributed by atoms with Gasteiger partial charge in [0, 0.05) is 5.92 Å². The zero-order chi connectivity index (χ0) is 30.3. The average Bonchev–Trinajstić information content (AvgIpc) is 3.32. The molecule has 0 bridgehead atoms. The van der Waals surface area contributed by atoms with Gasteiger partial charge in [0.1, 0.15) is 11.6 Å². The van der Waals surface area contributed by atoms with Gasteiger partial charge in [0.15, 0.2) is 9.75 Å². The molecule has 0 radical (unpaired) electrons. The van der Waals surface area contributed by atoms with Gasteiger partial charge in [-0.3, -0.25) is 24.1 Å². The number of phenols is 1. The number of phenolic OH excluding ortho intramolecular Hbond substituents is 1. The fourth-order valence-corrected chi connectivity index (χ4v) is 8.36. The minimum Gasteiger partial charge on any atom is -0.508 e. The Labute approximate surface area is 256 Å². The maximum absolute atomic E-state index is 14.3. The van der Waals surface area contributed by atoms with E-state index in [2.05, 4.69) is 0 Å². The molecule has 7 nitrogen and oxygen atoms in total. The SMILES string of the molecule is O=C1[C@H]2[C@H](CC=C3[C@H]2C[C@@]2(Cl)C(=O)N(c4ccc(F)cc4)C(=O)[C@@]2(Cl)[C@H]3c2ccc(O)cc2)C(=O)N1Cc1ccccc1. The molecule has 4 aliphatic rings. The summed E-state index contributed by atoms with van der Waals surface area (Å²) in [7, 11) is 0. The molecule has 3 fully saturated rings. The number of likely N-dealkylation sites (tertiary alicyclic amines) is 1. The lowest BCUT2D eigenvalue weighted by Gasteiger charge is -2.50. The molecule has 3 aromatic rings. The Hall–Kier alpha value is -4.01. The number of carbonyl (C=O) groups excluding carboxylic acids is 4. The minimum absolute atomic E-state index is 0.00978. The van der Waals surface area contributed by atoms with Gasteiger partial charge >= 0.3 is 0 Å². The smallest absolute Gasteiger partial charge is 0.258 e. The van der Waals surface area contributed by atoms with Gasteiger partial charge < -0.3 is 5.11 Å². The highest BCUT2D eigenvalue weighted by Crippen LogP contribution is 2.65. The first-order valence-corrected chi connectivity index (χ1v) is 14.7. The van der Waals surface area contributed by atoms with Crippen molar-refractivity contribution in [1.29, 1.82) is 0 Å². The molecule has 2 saturated heterocycles. The van der Waals surface area contributed by atoms with E-state index >= 15 is 0 Å². The molecule has 10 heteroatoms. The lowest BCUT2D eigenvalue weighted by molar-refractivity contribution is -0.141. The van der Waals surface area contributed by atoms with Crippen molar-refractivity contribution in [3.8, 4) is 5.75 Å². The molecule has 2 aliphatic carbocycles. The first-order valence-electron chi connectivity index (χ1n) is 14.0. The first kappa shape index (κ1) is 27.8. The lowest BCUT2D eigenvalue weighted by Crippen LogP contribution is -2.60. The van der Waals surface area contributed by atoms with Gasteiger partial charge in [0.05, 0.1) is 24.1 Å². The first-order chi connectivity index (χ1) is 20.6. The number of benzene rings is 3. The highest BCUT2D eigenvalue weighted by atomic mass is 35.5. The van der Waals surface area contributed by atoms with Gasteiger partial charge in [-0.25, -0.2) is 9.29 Å². The minimum atomic E-state index is -2.01. The Morgan fingerprint density at radius 3 is 2.19 bits per heavy atom. The summed E-state index contributed by atoms with van der Waals surface area (Å²) < 4.78 is 13.8. The third-order valence-corrected chi connectivity index (χ3v) is 10.8. The maximum Gasteiger partial charge on any atom is 0.258 e. The second-order valence-corrected chi connectivity index (χ2v) is 12.8. The van der Waals surface area contributed by atoms with E-state index in [1.807, 2.05) is 36.4 Å². The van der Waals surface area contributed by atoms with Crippen LogP contribution < -0.4 is 4.90 Å². The van der Waals surface area contributed by atoms with Gasteiger partial charge in [0.25, 0.3) is 11.8 Å². The van der Waals surface area contributed by atoms with Crippen molar-refractivity contribution in [3.05, 3.63) is 107 Å². The van der Waals surface area contributed by atoms with E-state index in [4.69, 9.17) is 23.2 Å². The van der Waals surface area contributed by atoms with E-state index in [1.54, 1.807) is 12.1 Å². The van der Waals surface area contributed by atoms with E-state index in [0.29, 0.717) is 11.1 Å². The standard InChI is InChI=1S/C33H25Cl2FN2O5/c34-32-16-25-23(14-15-24-26(25)29(41)37(28(24)40)17-18-4-2-1-3-5-18)27(19-6-12-22(39)13-7-19)33(32,35)31(43)38(30(32)42)21-10-8-20(36)9-11-21/h1-14,24-27,39H,15-17H2/t24-,25+,26-,27-,32+,33-/m0/s1.